The van der Waals surface area contributed by atoms with E-state index in [9.17, 15) is 9.59 Å². The van der Waals surface area contributed by atoms with Gasteiger partial charge in [-0.2, -0.15) is 4.68 Å². The lowest BCUT2D eigenvalue weighted by atomic mass is 10.2. The van der Waals surface area contributed by atoms with Gasteiger partial charge in [-0.1, -0.05) is 0 Å². The number of ether oxygens (including phenoxy) is 2. The number of rotatable bonds is 5. The second-order valence-corrected chi connectivity index (χ2v) is 7.63. The van der Waals surface area contributed by atoms with Crippen LogP contribution in [0.5, 0.6) is 0 Å². The summed E-state index contributed by atoms with van der Waals surface area (Å²) in [6, 6.07) is -0.475. The van der Waals surface area contributed by atoms with Gasteiger partial charge in [-0.05, 0) is 40.5 Å². The Kier molecular flexibility index (Phi) is 5.30. The Hall–Kier alpha value is -3.04. The predicted molar refractivity (Wildman–Crippen MR) is 98.0 cm³/mol. The fraction of sp³-hybridized carbons (Fsp3) is 0.556. The molecule has 1 saturated carbocycles. The second-order valence-electron chi connectivity index (χ2n) is 7.63. The average molecular weight is 388 g/mol. The smallest absolute Gasteiger partial charge is 0.408 e. The average Bonchev–Trinajstić information content (AvgIpc) is 3.38. The molecule has 1 aliphatic carbocycles. The van der Waals surface area contributed by atoms with Gasteiger partial charge in [0, 0.05) is 5.92 Å². The van der Waals surface area contributed by atoms with Gasteiger partial charge in [0.25, 0.3) is 0 Å². The molecule has 0 bridgehead atoms. The number of aromatic nitrogens is 5. The van der Waals surface area contributed by atoms with Crippen molar-refractivity contribution >= 4 is 12.1 Å². The molecule has 10 nitrogen and oxygen atoms in total. The third-order valence-corrected chi connectivity index (χ3v) is 3.96. The van der Waals surface area contributed by atoms with E-state index in [1.165, 1.54) is 24.2 Å². The predicted octanol–water partition coefficient (Wildman–Crippen LogP) is 2.31. The second kappa shape index (κ2) is 7.53. The van der Waals surface area contributed by atoms with E-state index in [1.54, 1.807) is 27.7 Å². The minimum atomic E-state index is -0.605. The van der Waals surface area contributed by atoms with Crippen molar-refractivity contribution < 1.29 is 19.1 Å². The lowest BCUT2D eigenvalue weighted by Crippen LogP contribution is -2.35. The number of alkyl carbamates (subject to hydrolysis) is 1. The Balaban J connectivity index is 1.86. The highest BCUT2D eigenvalue weighted by Crippen LogP contribution is 2.38. The van der Waals surface area contributed by atoms with Gasteiger partial charge >= 0.3 is 12.1 Å². The molecule has 2 heterocycles. The van der Waals surface area contributed by atoms with Crippen LogP contribution in [-0.2, 0) is 9.47 Å². The van der Waals surface area contributed by atoms with Crippen molar-refractivity contribution in [3.05, 3.63) is 29.7 Å². The molecule has 0 saturated heterocycles. The Labute approximate surface area is 162 Å². The first-order valence-electron chi connectivity index (χ1n) is 9.05. The quantitative estimate of drug-likeness (QED) is 0.775. The Bertz CT molecular complexity index is 867. The van der Waals surface area contributed by atoms with Gasteiger partial charge in [-0.3, -0.25) is 0 Å². The van der Waals surface area contributed by atoms with Crippen molar-refractivity contribution in [3.63, 3.8) is 0 Å². The van der Waals surface area contributed by atoms with Crippen LogP contribution in [0, 0.1) is 0 Å². The van der Waals surface area contributed by atoms with E-state index in [0.717, 1.165) is 12.8 Å². The maximum Gasteiger partial charge on any atom is 0.408 e. The number of hydrogen-bond donors (Lipinski definition) is 1. The van der Waals surface area contributed by atoms with Crippen LogP contribution in [0.3, 0.4) is 0 Å². The zero-order chi connectivity index (χ0) is 20.5. The van der Waals surface area contributed by atoms with Crippen LogP contribution in [0.1, 0.15) is 74.6 Å². The summed E-state index contributed by atoms with van der Waals surface area (Å²) in [5.41, 5.74) is -0.512. The number of esters is 1. The molecule has 0 radical (unpaired) electrons. The van der Waals surface area contributed by atoms with Gasteiger partial charge in [-0.15, -0.1) is 5.10 Å². The fourth-order valence-corrected chi connectivity index (χ4v) is 2.49. The van der Waals surface area contributed by atoms with Crippen molar-refractivity contribution in [2.75, 3.05) is 7.11 Å². The maximum atomic E-state index is 12.1. The summed E-state index contributed by atoms with van der Waals surface area (Å²) in [7, 11) is 1.28. The molecule has 2 aromatic rings. The number of nitrogens with zero attached hydrogens (tertiary/aromatic N) is 5. The van der Waals surface area contributed by atoms with E-state index >= 15 is 0 Å². The molecule has 2 aromatic heterocycles. The van der Waals surface area contributed by atoms with Gasteiger partial charge in [0.15, 0.2) is 23.2 Å². The molecule has 0 aromatic carbocycles. The third-order valence-electron chi connectivity index (χ3n) is 3.96. The van der Waals surface area contributed by atoms with E-state index < -0.39 is 23.7 Å². The zero-order valence-electron chi connectivity index (χ0n) is 16.6. The van der Waals surface area contributed by atoms with Gasteiger partial charge in [0.1, 0.15) is 5.60 Å². The van der Waals surface area contributed by atoms with Crippen molar-refractivity contribution in [1.29, 1.82) is 0 Å². The molecule has 10 heteroatoms. The van der Waals surface area contributed by atoms with E-state index in [1.807, 2.05) is 0 Å². The van der Waals surface area contributed by atoms with E-state index in [0.29, 0.717) is 23.4 Å². The summed E-state index contributed by atoms with van der Waals surface area (Å²) < 4.78 is 11.5. The third kappa shape index (κ3) is 4.62. The maximum absolute atomic E-state index is 12.1. The molecule has 1 atom stereocenters. The van der Waals surface area contributed by atoms with Gasteiger partial charge < -0.3 is 14.8 Å². The van der Waals surface area contributed by atoms with E-state index in [4.69, 9.17) is 4.74 Å². The van der Waals surface area contributed by atoms with Crippen LogP contribution in [0.15, 0.2) is 12.4 Å². The van der Waals surface area contributed by atoms with Crippen LogP contribution < -0.4 is 5.32 Å². The summed E-state index contributed by atoms with van der Waals surface area (Å²) in [6.45, 7) is 7.17. The first kappa shape index (κ1) is 19.7. The molecule has 3 rings (SSSR count). The summed E-state index contributed by atoms with van der Waals surface area (Å²) >= 11 is 0. The normalized spacial score (nSPS) is 15.0. The standard InChI is InChI=1S/C18H24N6O4/c1-10(21-17(26)28-18(2,3)4)15-22-14(11-6-7-11)23-24(15)13-9-19-12(8-20-13)16(25)27-5/h8-11H,6-7H2,1-5H3,(H,21,26). The highest BCUT2D eigenvalue weighted by Gasteiger charge is 2.31. The number of nitrogens with one attached hydrogen (secondary N) is 1. The molecule has 0 aliphatic heterocycles. The lowest BCUT2D eigenvalue weighted by Gasteiger charge is -2.21. The molecule has 1 aliphatic rings. The number of carbonyl (C=O) groups excluding carboxylic acids is 2. The lowest BCUT2D eigenvalue weighted by molar-refractivity contribution is 0.0504. The SMILES string of the molecule is COC(=O)c1cnc(-n2nc(C3CC3)nc2C(C)NC(=O)OC(C)(C)C)cn1. The van der Waals surface area contributed by atoms with Crippen LogP contribution in [-0.4, -0.2) is 49.5 Å². The molecule has 1 unspecified atom stereocenters. The number of methoxy groups -OCH3 is 1. The Morgan fingerprint density at radius 1 is 1.25 bits per heavy atom. The van der Waals surface area contributed by atoms with E-state index in [2.05, 4.69) is 30.1 Å². The zero-order valence-corrected chi connectivity index (χ0v) is 16.6. The van der Waals surface area contributed by atoms with Crippen molar-refractivity contribution in [1.82, 2.24) is 30.0 Å². The molecular formula is C18H24N6O4. The first-order chi connectivity index (χ1) is 13.2. The topological polar surface area (TPSA) is 121 Å². The van der Waals surface area contributed by atoms with E-state index in [-0.39, 0.29) is 5.69 Å². The van der Waals surface area contributed by atoms with Gasteiger partial charge in [0.05, 0.1) is 25.5 Å². The van der Waals surface area contributed by atoms with Crippen molar-refractivity contribution in [2.24, 2.45) is 0 Å². The summed E-state index contributed by atoms with van der Waals surface area (Å²) in [4.78, 5) is 36.6. The van der Waals surface area contributed by atoms with Crippen LogP contribution in [0.2, 0.25) is 0 Å². The monoisotopic (exact) mass is 388 g/mol. The molecule has 150 valence electrons. The molecule has 1 fully saturated rings. The van der Waals surface area contributed by atoms with Gasteiger partial charge in [0.2, 0.25) is 0 Å². The first-order valence-corrected chi connectivity index (χ1v) is 9.05. The Morgan fingerprint density at radius 2 is 1.96 bits per heavy atom. The number of carbonyl (C=O) groups is 2. The Morgan fingerprint density at radius 3 is 2.50 bits per heavy atom. The summed E-state index contributed by atoms with van der Waals surface area (Å²) in [6.07, 6.45) is 4.25. The molecule has 28 heavy (non-hydrogen) atoms. The minimum absolute atomic E-state index is 0.0928. The molecular weight excluding hydrogens is 364 g/mol. The largest absolute Gasteiger partial charge is 0.464 e. The number of amides is 1. The molecule has 1 amide bonds. The fourth-order valence-electron chi connectivity index (χ4n) is 2.49. The summed E-state index contributed by atoms with van der Waals surface area (Å²) in [5.74, 6) is 1.34. The summed E-state index contributed by atoms with van der Waals surface area (Å²) in [5, 5.41) is 7.30. The number of hydrogen-bond acceptors (Lipinski definition) is 8. The van der Waals surface area contributed by atoms with Crippen molar-refractivity contribution in [2.45, 2.75) is 58.1 Å². The van der Waals surface area contributed by atoms with Crippen LogP contribution in [0.25, 0.3) is 5.82 Å². The van der Waals surface area contributed by atoms with Crippen molar-refractivity contribution in [3.8, 4) is 5.82 Å². The highest BCUT2D eigenvalue weighted by atomic mass is 16.6. The van der Waals surface area contributed by atoms with Gasteiger partial charge in [-0.25, -0.2) is 24.5 Å². The molecule has 1 N–H and O–H groups in total. The highest BCUT2D eigenvalue weighted by molar-refractivity contribution is 5.86. The van der Waals surface area contributed by atoms with Crippen LogP contribution in [0.4, 0.5) is 4.79 Å². The molecule has 0 spiro atoms. The minimum Gasteiger partial charge on any atom is -0.464 e. The van der Waals surface area contributed by atoms with Crippen LogP contribution >= 0.6 is 0 Å².